The standard InChI is InChI=1S/C29H39N3O7/c1-28(2,3)23-24(33)32-15-20(13-22(32)25(34)35)39-27(37)31-14-19-11-8-10-18(21(19)16-31)9-6-7-12-29(4,5)17-38-26(36)30-23/h6-8,10-11,20,22-23H,9,12-17H2,1-5H3,(H,30,36)(H,34,35)/b7-6+/t20-,22+,23?/m1/s1. The monoisotopic (exact) mass is 541 g/mol. The largest absolute Gasteiger partial charge is 0.480 e. The van der Waals surface area contributed by atoms with Crippen LogP contribution in [0.4, 0.5) is 9.59 Å². The lowest BCUT2D eigenvalue weighted by atomic mass is 9.85. The minimum absolute atomic E-state index is 0.0286. The molecule has 1 fully saturated rings. The molecule has 2 N–H and O–H groups in total. The Morgan fingerprint density at radius 3 is 2.51 bits per heavy atom. The topological polar surface area (TPSA) is 125 Å². The highest BCUT2D eigenvalue weighted by Crippen LogP contribution is 2.31. The highest BCUT2D eigenvalue weighted by Gasteiger charge is 2.46. The number of nitrogens with zero attached hydrogens (tertiary/aromatic N) is 2. The molecule has 4 rings (SSSR count). The van der Waals surface area contributed by atoms with Gasteiger partial charge in [-0.1, -0.05) is 65.0 Å². The Kier molecular flexibility index (Phi) is 7.95. The fourth-order valence-electron chi connectivity index (χ4n) is 5.30. The van der Waals surface area contributed by atoms with Crippen molar-refractivity contribution in [2.45, 2.75) is 85.2 Å². The van der Waals surface area contributed by atoms with E-state index in [9.17, 15) is 24.3 Å². The van der Waals surface area contributed by atoms with Gasteiger partial charge in [0.05, 0.1) is 13.2 Å². The molecule has 4 bridgehead atoms. The third kappa shape index (κ3) is 6.54. The summed E-state index contributed by atoms with van der Waals surface area (Å²) in [5, 5.41) is 12.5. The van der Waals surface area contributed by atoms with E-state index in [1.165, 1.54) is 4.90 Å². The molecule has 10 heteroatoms. The number of hydrogen-bond acceptors (Lipinski definition) is 6. The summed E-state index contributed by atoms with van der Waals surface area (Å²) in [5.41, 5.74) is 2.20. The number of ether oxygens (including phenoxy) is 2. The van der Waals surface area contributed by atoms with Crippen molar-refractivity contribution >= 4 is 24.1 Å². The molecule has 3 atom stereocenters. The number of benzene rings is 1. The molecule has 0 radical (unpaired) electrons. The fourth-order valence-corrected chi connectivity index (χ4v) is 5.30. The van der Waals surface area contributed by atoms with Crippen molar-refractivity contribution in [3.05, 3.63) is 47.0 Å². The first-order valence-electron chi connectivity index (χ1n) is 13.4. The van der Waals surface area contributed by atoms with Gasteiger partial charge in [-0.05, 0) is 34.9 Å². The minimum atomic E-state index is -1.19. The molecule has 3 heterocycles. The summed E-state index contributed by atoms with van der Waals surface area (Å²) in [6, 6.07) is 3.80. The minimum Gasteiger partial charge on any atom is -0.480 e. The van der Waals surface area contributed by atoms with Crippen LogP contribution in [0.1, 0.15) is 64.2 Å². The van der Waals surface area contributed by atoms with Gasteiger partial charge in [0.1, 0.15) is 18.2 Å². The SMILES string of the molecule is CC1(C)C/C=C/Cc2cccc3c2CN(C3)C(=O)O[C@@H]2C[C@@H](C(=O)O)N(C2)C(=O)C(C(C)(C)C)NC(=O)OC1. The van der Waals surface area contributed by atoms with Crippen LogP contribution in [-0.2, 0) is 38.6 Å². The quantitative estimate of drug-likeness (QED) is 0.517. The van der Waals surface area contributed by atoms with Gasteiger partial charge in [-0.15, -0.1) is 0 Å². The van der Waals surface area contributed by atoms with E-state index in [0.717, 1.165) is 16.7 Å². The zero-order chi connectivity index (χ0) is 28.5. The zero-order valence-electron chi connectivity index (χ0n) is 23.4. The summed E-state index contributed by atoms with van der Waals surface area (Å²) in [5.74, 6) is -1.75. The van der Waals surface area contributed by atoms with E-state index < -0.39 is 47.7 Å². The third-order valence-electron chi connectivity index (χ3n) is 7.58. The normalized spacial score (nSPS) is 26.9. The summed E-state index contributed by atoms with van der Waals surface area (Å²) in [6.07, 6.45) is 3.43. The molecule has 212 valence electrons. The Hall–Kier alpha value is -3.56. The van der Waals surface area contributed by atoms with Crippen molar-refractivity contribution in [3.63, 3.8) is 0 Å². The second-order valence-corrected chi connectivity index (χ2v) is 12.6. The summed E-state index contributed by atoms with van der Waals surface area (Å²) in [4.78, 5) is 54.5. The summed E-state index contributed by atoms with van der Waals surface area (Å²) < 4.78 is 11.2. The number of amides is 3. The molecule has 0 aromatic heterocycles. The maximum absolute atomic E-state index is 13.7. The van der Waals surface area contributed by atoms with Crippen molar-refractivity contribution in [1.82, 2.24) is 15.1 Å². The van der Waals surface area contributed by atoms with Gasteiger partial charge in [-0.25, -0.2) is 14.4 Å². The van der Waals surface area contributed by atoms with E-state index in [2.05, 4.69) is 17.5 Å². The number of carbonyl (C=O) groups excluding carboxylic acids is 3. The fraction of sp³-hybridized carbons (Fsp3) is 0.586. The summed E-state index contributed by atoms with van der Waals surface area (Å²) >= 11 is 0. The van der Waals surface area contributed by atoms with Gasteiger partial charge in [0.25, 0.3) is 0 Å². The molecule has 0 spiro atoms. The molecular formula is C29H39N3O7. The van der Waals surface area contributed by atoms with Crippen LogP contribution >= 0.6 is 0 Å². The van der Waals surface area contributed by atoms with Gasteiger partial charge in [-0.3, -0.25) is 9.69 Å². The Bertz CT molecular complexity index is 1170. The first kappa shape index (κ1) is 28.4. The van der Waals surface area contributed by atoms with Crippen molar-refractivity contribution in [3.8, 4) is 0 Å². The van der Waals surface area contributed by atoms with Gasteiger partial charge < -0.3 is 24.8 Å². The maximum atomic E-state index is 13.7. The van der Waals surface area contributed by atoms with Gasteiger partial charge in [0.2, 0.25) is 5.91 Å². The van der Waals surface area contributed by atoms with Crippen LogP contribution in [0.3, 0.4) is 0 Å². The summed E-state index contributed by atoms with van der Waals surface area (Å²) in [7, 11) is 0. The lowest BCUT2D eigenvalue weighted by molar-refractivity contribution is -0.150. The van der Waals surface area contributed by atoms with Crippen molar-refractivity contribution in [2.24, 2.45) is 10.8 Å². The van der Waals surface area contributed by atoms with E-state index in [-0.39, 0.29) is 25.0 Å². The Labute approximate surface area is 229 Å². The van der Waals surface area contributed by atoms with Crippen LogP contribution < -0.4 is 5.32 Å². The van der Waals surface area contributed by atoms with Crippen LogP contribution in [0.15, 0.2) is 30.4 Å². The molecule has 3 aliphatic heterocycles. The number of cyclic esters (lactones) is 1. The molecule has 0 aliphatic carbocycles. The van der Waals surface area contributed by atoms with Crippen molar-refractivity contribution in [1.29, 1.82) is 0 Å². The predicted octanol–water partition coefficient (Wildman–Crippen LogP) is 3.86. The molecule has 39 heavy (non-hydrogen) atoms. The maximum Gasteiger partial charge on any atom is 0.410 e. The second kappa shape index (κ2) is 10.9. The number of carbonyl (C=O) groups is 4. The number of fused-ring (bicyclic) bond motifs is 3. The molecular weight excluding hydrogens is 502 g/mol. The number of alkyl carbamates (subject to hydrolysis) is 1. The Balaban J connectivity index is 1.63. The Morgan fingerprint density at radius 1 is 1.10 bits per heavy atom. The number of hydrogen-bond donors (Lipinski definition) is 2. The van der Waals surface area contributed by atoms with Crippen molar-refractivity contribution in [2.75, 3.05) is 13.2 Å². The highest BCUT2D eigenvalue weighted by atomic mass is 16.6. The van der Waals surface area contributed by atoms with E-state index >= 15 is 0 Å². The molecule has 1 aromatic carbocycles. The van der Waals surface area contributed by atoms with Gasteiger partial charge >= 0.3 is 18.2 Å². The van der Waals surface area contributed by atoms with E-state index in [4.69, 9.17) is 9.47 Å². The van der Waals surface area contributed by atoms with Gasteiger partial charge in [0.15, 0.2) is 0 Å². The van der Waals surface area contributed by atoms with E-state index in [1.54, 1.807) is 25.7 Å². The number of nitrogens with one attached hydrogen (secondary N) is 1. The third-order valence-corrected chi connectivity index (χ3v) is 7.58. The average Bonchev–Trinajstić information content (AvgIpc) is 3.47. The second-order valence-electron chi connectivity index (χ2n) is 12.6. The molecule has 1 saturated heterocycles. The number of aliphatic carboxylic acids is 1. The number of rotatable bonds is 1. The van der Waals surface area contributed by atoms with Crippen LogP contribution in [0.25, 0.3) is 0 Å². The zero-order valence-corrected chi connectivity index (χ0v) is 23.4. The average molecular weight is 542 g/mol. The lowest BCUT2D eigenvalue weighted by Crippen LogP contribution is -2.57. The lowest BCUT2D eigenvalue weighted by Gasteiger charge is -2.34. The summed E-state index contributed by atoms with van der Waals surface area (Å²) in [6.45, 7) is 10.2. The number of carboxylic acid groups (broad SMARTS) is 1. The highest BCUT2D eigenvalue weighted by molar-refractivity contribution is 5.90. The number of carboxylic acids is 1. The van der Waals surface area contributed by atoms with E-state index in [1.807, 2.05) is 32.0 Å². The molecule has 10 nitrogen and oxygen atoms in total. The molecule has 0 saturated carbocycles. The van der Waals surface area contributed by atoms with E-state index in [0.29, 0.717) is 25.9 Å². The van der Waals surface area contributed by atoms with Crippen LogP contribution in [0, 0.1) is 10.8 Å². The number of allylic oxidation sites excluding steroid dienone is 2. The predicted molar refractivity (Wildman–Crippen MR) is 143 cm³/mol. The molecule has 3 amide bonds. The molecule has 3 aliphatic rings. The van der Waals surface area contributed by atoms with Crippen LogP contribution in [-0.4, -0.2) is 70.3 Å². The first-order chi connectivity index (χ1) is 18.2. The van der Waals surface area contributed by atoms with Crippen LogP contribution in [0.5, 0.6) is 0 Å². The Morgan fingerprint density at radius 2 is 1.82 bits per heavy atom. The van der Waals surface area contributed by atoms with Gasteiger partial charge in [0, 0.05) is 24.9 Å². The molecule has 1 unspecified atom stereocenters. The first-order valence-corrected chi connectivity index (χ1v) is 13.4. The van der Waals surface area contributed by atoms with Gasteiger partial charge in [-0.2, -0.15) is 0 Å². The van der Waals surface area contributed by atoms with Crippen LogP contribution in [0.2, 0.25) is 0 Å². The molecule has 1 aromatic rings. The van der Waals surface area contributed by atoms with Crippen molar-refractivity contribution < 1.29 is 33.8 Å². The smallest absolute Gasteiger partial charge is 0.410 e.